The molecule has 1 aliphatic heterocycles. The number of halogens is 1. The summed E-state index contributed by atoms with van der Waals surface area (Å²) in [5.41, 5.74) is 6.81. The largest absolute Gasteiger partial charge is 0.366 e. The number of carbonyl (C=O) groups is 1. The number of hydrogen-bond donors (Lipinski definition) is 2. The Bertz CT molecular complexity index is 492. The van der Waals surface area contributed by atoms with E-state index in [2.05, 4.69) is 10.2 Å². The van der Waals surface area contributed by atoms with Crippen LogP contribution in [0.5, 0.6) is 0 Å². The molecule has 1 aromatic carbocycles. The molecule has 0 aromatic heterocycles. The number of amides is 1. The van der Waals surface area contributed by atoms with Crippen molar-refractivity contribution in [2.75, 3.05) is 20.1 Å². The lowest BCUT2D eigenvalue weighted by Gasteiger charge is -2.36. The number of nitrogens with two attached hydrogens (primary N) is 1. The molecule has 1 amide bonds. The fourth-order valence-electron chi connectivity index (χ4n) is 2.95. The Morgan fingerprint density at radius 1 is 1.48 bits per heavy atom. The Morgan fingerprint density at radius 2 is 2.29 bits per heavy atom. The Morgan fingerprint density at radius 3 is 2.95 bits per heavy atom. The summed E-state index contributed by atoms with van der Waals surface area (Å²) in [6, 6.07) is 5.96. The second kappa shape index (κ2) is 7.78. The number of hydrogen-bond acceptors (Lipinski definition) is 3. The molecule has 1 aromatic rings. The van der Waals surface area contributed by atoms with Crippen molar-refractivity contribution in [3.63, 3.8) is 0 Å². The van der Waals surface area contributed by atoms with Gasteiger partial charge in [-0.1, -0.05) is 24.1 Å². The van der Waals surface area contributed by atoms with Crippen molar-refractivity contribution < 1.29 is 4.79 Å². The minimum atomic E-state index is -0.437. The molecule has 1 fully saturated rings. The predicted octanol–water partition coefficient (Wildman–Crippen LogP) is 2.40. The molecule has 0 spiro atoms. The molecule has 3 N–H and O–H groups in total. The molecule has 21 heavy (non-hydrogen) atoms. The zero-order chi connectivity index (χ0) is 15.2. The van der Waals surface area contributed by atoms with E-state index >= 15 is 0 Å². The zero-order valence-electron chi connectivity index (χ0n) is 12.6. The van der Waals surface area contributed by atoms with Gasteiger partial charge in [0.1, 0.15) is 0 Å². The molecule has 116 valence electrons. The van der Waals surface area contributed by atoms with Gasteiger partial charge in [-0.3, -0.25) is 9.69 Å². The number of nitrogens with zero attached hydrogens (tertiary/aromatic N) is 1. The monoisotopic (exact) mass is 309 g/mol. The van der Waals surface area contributed by atoms with Gasteiger partial charge in [0.25, 0.3) is 0 Å². The van der Waals surface area contributed by atoms with Crippen molar-refractivity contribution in [1.82, 2.24) is 10.2 Å². The molecule has 5 heteroatoms. The molecule has 1 aliphatic rings. The average molecular weight is 310 g/mol. The quantitative estimate of drug-likeness (QED) is 0.848. The lowest BCUT2D eigenvalue weighted by atomic mass is 9.98. The highest BCUT2D eigenvalue weighted by atomic mass is 35.5. The maximum absolute atomic E-state index is 11.2. The van der Waals surface area contributed by atoms with Crippen LogP contribution in [0.3, 0.4) is 0 Å². The molecule has 0 saturated carbocycles. The van der Waals surface area contributed by atoms with Gasteiger partial charge in [-0.2, -0.15) is 0 Å². The van der Waals surface area contributed by atoms with E-state index in [1.54, 1.807) is 12.1 Å². The molecule has 0 aliphatic carbocycles. The third-order valence-electron chi connectivity index (χ3n) is 4.19. The van der Waals surface area contributed by atoms with Crippen molar-refractivity contribution in [2.45, 2.75) is 38.3 Å². The van der Waals surface area contributed by atoms with Crippen molar-refractivity contribution in [3.05, 3.63) is 34.3 Å². The molecule has 1 saturated heterocycles. The minimum Gasteiger partial charge on any atom is -0.366 e. The number of piperidine rings is 1. The van der Waals surface area contributed by atoms with Crippen LogP contribution in [-0.4, -0.2) is 37.0 Å². The Hall–Kier alpha value is -1.10. The average Bonchev–Trinajstić information content (AvgIpc) is 2.48. The SMILES string of the molecule is CNCCC1CCCCN1Cc1ccc(C(N)=O)cc1Cl. The van der Waals surface area contributed by atoms with Gasteiger partial charge in [0.05, 0.1) is 0 Å². The van der Waals surface area contributed by atoms with Crippen LogP contribution in [0.1, 0.15) is 41.6 Å². The van der Waals surface area contributed by atoms with Gasteiger partial charge in [0.15, 0.2) is 0 Å². The van der Waals surface area contributed by atoms with Crippen molar-refractivity contribution in [2.24, 2.45) is 5.73 Å². The fraction of sp³-hybridized carbons (Fsp3) is 0.562. The van der Waals surface area contributed by atoms with Crippen LogP contribution in [0.4, 0.5) is 0 Å². The van der Waals surface area contributed by atoms with E-state index in [0.29, 0.717) is 16.6 Å². The summed E-state index contributed by atoms with van der Waals surface area (Å²) < 4.78 is 0. The van der Waals surface area contributed by atoms with Crippen molar-refractivity contribution in [1.29, 1.82) is 0 Å². The first-order valence-electron chi connectivity index (χ1n) is 7.58. The minimum absolute atomic E-state index is 0.437. The zero-order valence-corrected chi connectivity index (χ0v) is 13.3. The standard InChI is InChI=1S/C16H24ClN3O/c1-19-8-7-14-4-2-3-9-20(14)11-13-6-5-12(16(18)21)10-15(13)17/h5-6,10,14,19H,2-4,7-9,11H2,1H3,(H2,18,21). The molecule has 2 rings (SSSR count). The Labute approximate surface area is 131 Å². The maximum Gasteiger partial charge on any atom is 0.248 e. The third kappa shape index (κ3) is 4.43. The van der Waals surface area contributed by atoms with E-state index < -0.39 is 5.91 Å². The summed E-state index contributed by atoms with van der Waals surface area (Å²) in [6.45, 7) is 2.99. The lowest BCUT2D eigenvalue weighted by molar-refractivity contribution is 0.1000. The molecule has 1 unspecified atom stereocenters. The number of nitrogens with one attached hydrogen (secondary N) is 1. The van der Waals surface area contributed by atoms with E-state index in [-0.39, 0.29) is 0 Å². The molecular formula is C16H24ClN3O. The van der Waals surface area contributed by atoms with Gasteiger partial charge in [-0.15, -0.1) is 0 Å². The Kier molecular flexibility index (Phi) is 6.03. The normalized spacial score (nSPS) is 19.6. The summed E-state index contributed by atoms with van der Waals surface area (Å²) in [6.07, 6.45) is 4.96. The fourth-order valence-corrected chi connectivity index (χ4v) is 3.19. The van der Waals surface area contributed by atoms with Gasteiger partial charge >= 0.3 is 0 Å². The van der Waals surface area contributed by atoms with E-state index in [4.69, 9.17) is 17.3 Å². The number of benzene rings is 1. The van der Waals surface area contributed by atoms with E-state index in [0.717, 1.165) is 31.6 Å². The molecule has 4 nitrogen and oxygen atoms in total. The van der Waals surface area contributed by atoms with Crippen LogP contribution < -0.4 is 11.1 Å². The van der Waals surface area contributed by atoms with Crippen LogP contribution in [0.25, 0.3) is 0 Å². The van der Waals surface area contributed by atoms with E-state index in [1.807, 2.05) is 13.1 Å². The highest BCUT2D eigenvalue weighted by molar-refractivity contribution is 6.31. The summed E-state index contributed by atoms with van der Waals surface area (Å²) in [5, 5.41) is 3.86. The van der Waals surface area contributed by atoms with Crippen molar-refractivity contribution in [3.8, 4) is 0 Å². The van der Waals surface area contributed by atoms with E-state index in [9.17, 15) is 4.79 Å². The van der Waals surface area contributed by atoms with Gasteiger partial charge in [-0.25, -0.2) is 0 Å². The second-order valence-electron chi connectivity index (χ2n) is 5.68. The summed E-state index contributed by atoms with van der Waals surface area (Å²) in [7, 11) is 1.99. The van der Waals surface area contributed by atoms with Crippen molar-refractivity contribution >= 4 is 17.5 Å². The summed E-state index contributed by atoms with van der Waals surface area (Å²) in [5.74, 6) is -0.437. The molecule has 0 radical (unpaired) electrons. The van der Waals surface area contributed by atoms with Gasteiger partial charge in [0, 0.05) is 23.2 Å². The van der Waals surface area contributed by atoms with Crippen LogP contribution in [-0.2, 0) is 6.54 Å². The number of rotatable bonds is 6. The molecular weight excluding hydrogens is 286 g/mol. The number of carbonyl (C=O) groups excluding carboxylic acids is 1. The van der Waals surface area contributed by atoms with Gasteiger partial charge < -0.3 is 11.1 Å². The van der Waals surface area contributed by atoms with Crippen LogP contribution in [0.2, 0.25) is 5.02 Å². The molecule has 1 atom stereocenters. The van der Waals surface area contributed by atoms with Gasteiger partial charge in [0.2, 0.25) is 5.91 Å². The predicted molar refractivity (Wildman–Crippen MR) is 86.6 cm³/mol. The van der Waals surface area contributed by atoms with Gasteiger partial charge in [-0.05, 0) is 57.1 Å². The lowest BCUT2D eigenvalue weighted by Crippen LogP contribution is -2.40. The first-order chi connectivity index (χ1) is 10.1. The molecule has 1 heterocycles. The van der Waals surface area contributed by atoms with Crippen LogP contribution >= 0.6 is 11.6 Å². The first kappa shape index (κ1) is 16.3. The Balaban J connectivity index is 2.06. The smallest absolute Gasteiger partial charge is 0.248 e. The van der Waals surface area contributed by atoms with Crippen LogP contribution in [0.15, 0.2) is 18.2 Å². The highest BCUT2D eigenvalue weighted by Gasteiger charge is 2.22. The first-order valence-corrected chi connectivity index (χ1v) is 7.96. The van der Waals surface area contributed by atoms with E-state index in [1.165, 1.54) is 19.3 Å². The number of primary amides is 1. The third-order valence-corrected chi connectivity index (χ3v) is 4.54. The second-order valence-corrected chi connectivity index (χ2v) is 6.09. The summed E-state index contributed by atoms with van der Waals surface area (Å²) >= 11 is 6.30. The number of likely N-dealkylation sites (tertiary alicyclic amines) is 1. The maximum atomic E-state index is 11.2. The topological polar surface area (TPSA) is 58.4 Å². The highest BCUT2D eigenvalue weighted by Crippen LogP contribution is 2.25. The molecule has 0 bridgehead atoms. The van der Waals surface area contributed by atoms with Crippen LogP contribution in [0, 0.1) is 0 Å². The summed E-state index contributed by atoms with van der Waals surface area (Å²) in [4.78, 5) is 13.7.